The van der Waals surface area contributed by atoms with Crippen LogP contribution in [0.25, 0.3) is 0 Å². The minimum atomic E-state index is -0.533. The third-order valence-corrected chi connectivity index (χ3v) is 4.30. The maximum Gasteiger partial charge on any atom is 0.312 e. The average Bonchev–Trinajstić information content (AvgIpc) is 2.37. The molecule has 8 heteroatoms. The van der Waals surface area contributed by atoms with Gasteiger partial charge in [-0.15, -0.1) is 0 Å². The Labute approximate surface area is 141 Å². The molecule has 2 aromatic carbocycles. The van der Waals surface area contributed by atoms with E-state index in [0.29, 0.717) is 19.0 Å². The number of nitrogens with zero attached hydrogens (tertiary/aromatic N) is 1. The molecule has 0 N–H and O–H groups in total. The summed E-state index contributed by atoms with van der Waals surface area (Å²) in [6.07, 6.45) is 0. The predicted molar refractivity (Wildman–Crippen MR) is 85.0 cm³/mol. The number of halogens is 4. The highest BCUT2D eigenvalue weighted by molar-refractivity contribution is 9.10. The molecule has 2 rings (SSSR count). The molecule has 0 saturated carbocycles. The number of benzene rings is 2. The Morgan fingerprint density at radius 1 is 1.05 bits per heavy atom. The first-order valence-corrected chi connectivity index (χ1v) is 7.49. The molecule has 0 aliphatic heterocycles. The van der Waals surface area contributed by atoms with Gasteiger partial charge in [-0.2, -0.15) is 0 Å². The molecule has 20 heavy (non-hydrogen) atoms. The van der Waals surface area contributed by atoms with E-state index in [1.165, 1.54) is 18.2 Å². The molecular weight excluding hydrogens is 437 g/mol. The van der Waals surface area contributed by atoms with Gasteiger partial charge in [0.15, 0.2) is 0 Å². The Bertz CT molecular complexity index is 695. The lowest BCUT2D eigenvalue weighted by molar-refractivity contribution is -0.385. The van der Waals surface area contributed by atoms with Crippen molar-refractivity contribution in [2.24, 2.45) is 0 Å². The molecule has 0 saturated heterocycles. The highest BCUT2D eigenvalue weighted by Crippen LogP contribution is 2.39. The SMILES string of the molecule is O=[N+]([O-])c1cc(Br)ccc1Oc1cc(Cl)c(Br)cc1Cl. The van der Waals surface area contributed by atoms with Gasteiger partial charge in [0.25, 0.3) is 0 Å². The van der Waals surface area contributed by atoms with Crippen LogP contribution in [0.4, 0.5) is 5.69 Å². The highest BCUT2D eigenvalue weighted by Gasteiger charge is 2.18. The highest BCUT2D eigenvalue weighted by atomic mass is 79.9. The van der Waals surface area contributed by atoms with Gasteiger partial charge in [-0.3, -0.25) is 10.1 Å². The van der Waals surface area contributed by atoms with E-state index >= 15 is 0 Å². The van der Waals surface area contributed by atoms with Crippen LogP contribution >= 0.6 is 55.1 Å². The fourth-order valence-corrected chi connectivity index (χ4v) is 2.60. The number of ether oxygens (including phenoxy) is 1. The van der Waals surface area contributed by atoms with Crippen molar-refractivity contribution >= 4 is 60.7 Å². The lowest BCUT2D eigenvalue weighted by Gasteiger charge is -2.09. The Balaban J connectivity index is 2.45. The fourth-order valence-electron chi connectivity index (χ4n) is 1.42. The third-order valence-electron chi connectivity index (χ3n) is 2.31. The minimum absolute atomic E-state index is 0.0819. The molecule has 0 unspecified atom stereocenters. The van der Waals surface area contributed by atoms with Crippen LogP contribution in [0.15, 0.2) is 39.3 Å². The summed E-state index contributed by atoms with van der Waals surface area (Å²) in [5.74, 6) is 0.323. The van der Waals surface area contributed by atoms with E-state index in [2.05, 4.69) is 31.9 Å². The van der Waals surface area contributed by atoms with Gasteiger partial charge in [-0.25, -0.2) is 0 Å². The normalized spacial score (nSPS) is 10.4. The third kappa shape index (κ3) is 3.44. The molecule has 0 fully saturated rings. The van der Waals surface area contributed by atoms with E-state index in [9.17, 15) is 10.1 Å². The van der Waals surface area contributed by atoms with E-state index in [0.717, 1.165) is 0 Å². The maximum absolute atomic E-state index is 11.0. The van der Waals surface area contributed by atoms with E-state index < -0.39 is 4.92 Å². The maximum atomic E-state index is 11.0. The smallest absolute Gasteiger partial charge is 0.312 e. The summed E-state index contributed by atoms with van der Waals surface area (Å²) >= 11 is 18.4. The second-order valence-electron chi connectivity index (χ2n) is 3.67. The first kappa shape index (κ1) is 15.6. The van der Waals surface area contributed by atoms with Crippen molar-refractivity contribution in [3.63, 3.8) is 0 Å². The van der Waals surface area contributed by atoms with Crippen LogP contribution in [0, 0.1) is 10.1 Å². The van der Waals surface area contributed by atoms with Gasteiger partial charge in [0.05, 0.1) is 15.0 Å². The van der Waals surface area contributed by atoms with Crippen LogP contribution in [0.3, 0.4) is 0 Å². The standard InChI is InChI=1S/C12H5Br2Cl2NO3/c13-6-1-2-11(10(3-6)17(18)19)20-12-5-8(15)7(14)4-9(12)16/h1-5H. The van der Waals surface area contributed by atoms with Gasteiger partial charge in [-0.05, 0) is 34.1 Å². The molecule has 104 valence electrons. The van der Waals surface area contributed by atoms with E-state index in [4.69, 9.17) is 27.9 Å². The first-order valence-electron chi connectivity index (χ1n) is 5.15. The monoisotopic (exact) mass is 439 g/mol. The first-order chi connectivity index (χ1) is 9.38. The van der Waals surface area contributed by atoms with E-state index in [1.807, 2.05) is 0 Å². The van der Waals surface area contributed by atoms with Crippen LogP contribution < -0.4 is 4.74 Å². The molecule has 0 heterocycles. The molecule has 0 aliphatic carbocycles. The molecule has 0 radical (unpaired) electrons. The summed E-state index contributed by atoms with van der Waals surface area (Å²) in [5.41, 5.74) is -0.172. The summed E-state index contributed by atoms with van der Waals surface area (Å²) in [7, 11) is 0. The molecule has 0 bridgehead atoms. The molecule has 0 amide bonds. The van der Waals surface area contributed by atoms with Gasteiger partial charge in [0, 0.05) is 21.1 Å². The predicted octanol–water partition coefficient (Wildman–Crippen LogP) is 6.22. The van der Waals surface area contributed by atoms with Gasteiger partial charge < -0.3 is 4.74 Å². The molecule has 0 aromatic heterocycles. The van der Waals surface area contributed by atoms with Crippen molar-refractivity contribution in [3.8, 4) is 11.5 Å². The number of hydrogen-bond donors (Lipinski definition) is 0. The van der Waals surface area contributed by atoms with Crippen LogP contribution in [-0.4, -0.2) is 4.92 Å². The van der Waals surface area contributed by atoms with Crippen molar-refractivity contribution in [2.45, 2.75) is 0 Å². The van der Waals surface area contributed by atoms with Gasteiger partial charge in [-0.1, -0.05) is 39.1 Å². The van der Waals surface area contributed by atoms with Crippen molar-refractivity contribution in [2.75, 3.05) is 0 Å². The van der Waals surface area contributed by atoms with Crippen LogP contribution in [0.1, 0.15) is 0 Å². The van der Waals surface area contributed by atoms with Crippen molar-refractivity contribution in [3.05, 3.63) is 59.4 Å². The Morgan fingerprint density at radius 2 is 1.75 bits per heavy atom. The molecular formula is C12H5Br2Cl2NO3. The number of rotatable bonds is 3. The quantitative estimate of drug-likeness (QED) is 0.323. The van der Waals surface area contributed by atoms with E-state index in [1.54, 1.807) is 12.1 Å². The molecule has 0 atom stereocenters. The van der Waals surface area contributed by atoms with Crippen LogP contribution in [-0.2, 0) is 0 Å². The lowest BCUT2D eigenvalue weighted by Crippen LogP contribution is -1.94. The summed E-state index contributed by atoms with van der Waals surface area (Å²) < 4.78 is 6.69. The number of nitro groups is 1. The van der Waals surface area contributed by atoms with Crippen LogP contribution in [0.5, 0.6) is 11.5 Å². The number of hydrogen-bond acceptors (Lipinski definition) is 3. The average molecular weight is 442 g/mol. The van der Waals surface area contributed by atoms with Gasteiger partial charge >= 0.3 is 5.69 Å². The van der Waals surface area contributed by atoms with Gasteiger partial charge in [0.2, 0.25) is 5.75 Å². The molecule has 0 aliphatic rings. The Kier molecular flexibility index (Phi) is 4.90. The van der Waals surface area contributed by atoms with Crippen molar-refractivity contribution in [1.82, 2.24) is 0 Å². The van der Waals surface area contributed by atoms with E-state index in [-0.39, 0.29) is 17.2 Å². The van der Waals surface area contributed by atoms with Gasteiger partial charge in [0.1, 0.15) is 5.75 Å². The number of nitro benzene ring substituents is 1. The second-order valence-corrected chi connectivity index (χ2v) is 6.25. The fraction of sp³-hybridized carbons (Fsp3) is 0. The zero-order valence-electron chi connectivity index (χ0n) is 9.57. The second kappa shape index (κ2) is 6.30. The zero-order chi connectivity index (χ0) is 14.9. The zero-order valence-corrected chi connectivity index (χ0v) is 14.3. The minimum Gasteiger partial charge on any atom is -0.449 e. The molecule has 0 spiro atoms. The molecule has 4 nitrogen and oxygen atoms in total. The largest absolute Gasteiger partial charge is 0.449 e. The lowest BCUT2D eigenvalue weighted by atomic mass is 10.3. The van der Waals surface area contributed by atoms with Crippen LogP contribution in [0.2, 0.25) is 10.0 Å². The topological polar surface area (TPSA) is 52.4 Å². The molecule has 2 aromatic rings. The Morgan fingerprint density at radius 3 is 2.40 bits per heavy atom. The summed E-state index contributed by atoms with van der Waals surface area (Å²) in [6.45, 7) is 0. The Hall–Kier alpha value is -0.820. The van der Waals surface area contributed by atoms with Crippen molar-refractivity contribution < 1.29 is 9.66 Å². The summed E-state index contributed by atoms with van der Waals surface area (Å²) in [4.78, 5) is 10.5. The summed E-state index contributed by atoms with van der Waals surface area (Å²) in [6, 6.07) is 7.51. The van der Waals surface area contributed by atoms with Crippen molar-refractivity contribution in [1.29, 1.82) is 0 Å². The summed E-state index contributed by atoms with van der Waals surface area (Å²) in [5, 5.41) is 11.7.